The van der Waals surface area contributed by atoms with Crippen LogP contribution >= 0.6 is 0 Å². The summed E-state index contributed by atoms with van der Waals surface area (Å²) >= 11 is 0. The van der Waals surface area contributed by atoms with Gasteiger partial charge in [0.2, 0.25) is 0 Å². The Balaban J connectivity index is 2.11. The predicted octanol–water partition coefficient (Wildman–Crippen LogP) is 4.06. The molecule has 1 fully saturated rings. The molecule has 1 aliphatic rings. The van der Waals surface area contributed by atoms with Crippen LogP contribution < -0.4 is 0 Å². The van der Waals surface area contributed by atoms with E-state index in [9.17, 15) is 5.11 Å². The van der Waals surface area contributed by atoms with E-state index >= 15 is 0 Å². The van der Waals surface area contributed by atoms with Crippen LogP contribution in [0.1, 0.15) is 78.1 Å². The van der Waals surface area contributed by atoms with E-state index < -0.39 is 5.60 Å². The molecule has 0 aromatic heterocycles. The molecule has 102 valence electrons. The van der Waals surface area contributed by atoms with E-state index in [1.54, 1.807) is 0 Å². The molecule has 0 spiro atoms. The van der Waals surface area contributed by atoms with Crippen molar-refractivity contribution in [1.29, 1.82) is 0 Å². The second kappa shape index (κ2) is 8.10. The van der Waals surface area contributed by atoms with Crippen molar-refractivity contribution in [2.75, 3.05) is 6.61 Å². The fourth-order valence-electron chi connectivity index (χ4n) is 2.72. The fourth-order valence-corrected chi connectivity index (χ4v) is 2.72. The van der Waals surface area contributed by atoms with Crippen LogP contribution in [-0.4, -0.2) is 23.4 Å². The third kappa shape index (κ3) is 5.87. The number of hydrogen-bond donors (Lipinski definition) is 1. The highest BCUT2D eigenvalue weighted by Gasteiger charge is 2.33. The minimum Gasteiger partial charge on any atom is -0.390 e. The van der Waals surface area contributed by atoms with Gasteiger partial charge in [-0.3, -0.25) is 0 Å². The summed E-state index contributed by atoms with van der Waals surface area (Å²) in [7, 11) is 0. The van der Waals surface area contributed by atoms with Crippen molar-refractivity contribution >= 4 is 0 Å². The summed E-state index contributed by atoms with van der Waals surface area (Å²) in [5.74, 6) is 0. The van der Waals surface area contributed by atoms with Gasteiger partial charge in [-0.2, -0.15) is 0 Å². The average molecular weight is 242 g/mol. The summed E-state index contributed by atoms with van der Waals surface area (Å²) < 4.78 is 5.62. The lowest BCUT2D eigenvalue weighted by molar-refractivity contribution is -0.108. The van der Waals surface area contributed by atoms with Gasteiger partial charge < -0.3 is 9.84 Å². The highest BCUT2D eigenvalue weighted by atomic mass is 16.5. The van der Waals surface area contributed by atoms with Crippen molar-refractivity contribution in [3.63, 3.8) is 0 Å². The molecule has 0 aromatic rings. The van der Waals surface area contributed by atoms with Gasteiger partial charge in [-0.1, -0.05) is 52.4 Å². The molecule has 0 aromatic carbocycles. The van der Waals surface area contributed by atoms with Gasteiger partial charge in [0.15, 0.2) is 0 Å². The molecular weight excluding hydrogens is 212 g/mol. The molecule has 17 heavy (non-hydrogen) atoms. The first kappa shape index (κ1) is 15.0. The van der Waals surface area contributed by atoms with Gasteiger partial charge in [0.25, 0.3) is 0 Å². The number of unbranched alkanes of at least 4 members (excludes halogenated alkanes) is 5. The number of ether oxygens (including phenoxy) is 1. The van der Waals surface area contributed by atoms with E-state index in [-0.39, 0.29) is 6.10 Å². The first-order chi connectivity index (χ1) is 8.20. The minimum atomic E-state index is -0.427. The van der Waals surface area contributed by atoms with E-state index in [2.05, 4.69) is 13.8 Å². The maximum Gasteiger partial charge on any atom is 0.0694 e. The maximum atomic E-state index is 10.5. The van der Waals surface area contributed by atoms with E-state index in [1.165, 1.54) is 38.5 Å². The van der Waals surface area contributed by atoms with Crippen molar-refractivity contribution in [3.05, 3.63) is 0 Å². The summed E-state index contributed by atoms with van der Waals surface area (Å²) in [6.45, 7) is 5.13. The molecule has 2 atom stereocenters. The van der Waals surface area contributed by atoms with Crippen LogP contribution in [0.25, 0.3) is 0 Å². The van der Waals surface area contributed by atoms with Crippen molar-refractivity contribution < 1.29 is 9.84 Å². The second-order valence-corrected chi connectivity index (χ2v) is 5.60. The average Bonchev–Trinajstić information content (AvgIpc) is 2.33. The van der Waals surface area contributed by atoms with Crippen LogP contribution in [0.2, 0.25) is 0 Å². The lowest BCUT2D eigenvalue weighted by atomic mass is 9.85. The van der Waals surface area contributed by atoms with E-state index in [0.717, 1.165) is 32.3 Å². The summed E-state index contributed by atoms with van der Waals surface area (Å²) in [6, 6.07) is 0. The third-order valence-corrected chi connectivity index (χ3v) is 3.98. The number of aliphatic hydroxyl groups is 1. The first-order valence-corrected chi connectivity index (χ1v) is 7.54. The van der Waals surface area contributed by atoms with Crippen LogP contribution in [-0.2, 0) is 4.74 Å². The molecule has 1 N–H and O–H groups in total. The maximum absolute atomic E-state index is 10.5. The molecule has 1 rings (SSSR count). The van der Waals surface area contributed by atoms with Crippen molar-refractivity contribution in [3.8, 4) is 0 Å². The summed E-state index contributed by atoms with van der Waals surface area (Å²) in [6.07, 6.45) is 11.8. The molecule has 1 aliphatic heterocycles. The monoisotopic (exact) mass is 242 g/mol. The molecule has 0 saturated carbocycles. The molecule has 1 heterocycles. The molecule has 0 bridgehead atoms. The Bertz CT molecular complexity index is 193. The Labute approximate surface area is 107 Å². The fraction of sp³-hybridized carbons (Fsp3) is 1.00. The number of rotatable bonds is 8. The summed E-state index contributed by atoms with van der Waals surface area (Å²) in [4.78, 5) is 0. The molecule has 2 nitrogen and oxygen atoms in total. The zero-order valence-corrected chi connectivity index (χ0v) is 11.7. The van der Waals surface area contributed by atoms with Crippen LogP contribution in [0, 0.1) is 0 Å². The molecular formula is C15H30O2. The summed E-state index contributed by atoms with van der Waals surface area (Å²) in [5.41, 5.74) is -0.427. The van der Waals surface area contributed by atoms with Gasteiger partial charge in [-0.25, -0.2) is 0 Å². The van der Waals surface area contributed by atoms with Gasteiger partial charge >= 0.3 is 0 Å². The van der Waals surface area contributed by atoms with Crippen molar-refractivity contribution in [2.45, 2.75) is 89.8 Å². The molecule has 0 aliphatic carbocycles. The van der Waals surface area contributed by atoms with Crippen LogP contribution in [0.15, 0.2) is 0 Å². The SMILES string of the molecule is CCCCCCCCC1(O)CCOC(CC)C1. The predicted molar refractivity (Wildman–Crippen MR) is 72.2 cm³/mol. The lowest BCUT2D eigenvalue weighted by Gasteiger charge is -2.36. The van der Waals surface area contributed by atoms with Gasteiger partial charge in [0.05, 0.1) is 11.7 Å². The second-order valence-electron chi connectivity index (χ2n) is 5.60. The van der Waals surface area contributed by atoms with Crippen molar-refractivity contribution in [2.24, 2.45) is 0 Å². The summed E-state index contributed by atoms with van der Waals surface area (Å²) in [5, 5.41) is 10.5. The van der Waals surface area contributed by atoms with Gasteiger partial charge in [-0.05, 0) is 19.3 Å². The van der Waals surface area contributed by atoms with Crippen LogP contribution in [0.3, 0.4) is 0 Å². The molecule has 2 heteroatoms. The quantitative estimate of drug-likeness (QED) is 0.650. The normalized spacial score (nSPS) is 29.5. The first-order valence-electron chi connectivity index (χ1n) is 7.54. The molecule has 2 unspecified atom stereocenters. The van der Waals surface area contributed by atoms with Crippen molar-refractivity contribution in [1.82, 2.24) is 0 Å². The van der Waals surface area contributed by atoms with E-state index in [0.29, 0.717) is 0 Å². The van der Waals surface area contributed by atoms with E-state index in [1.807, 2.05) is 0 Å². The zero-order chi connectivity index (χ0) is 12.6. The highest BCUT2D eigenvalue weighted by molar-refractivity contribution is 4.85. The molecule has 0 amide bonds. The standard InChI is InChI=1S/C15H30O2/c1-3-5-6-7-8-9-10-15(16)11-12-17-14(4-2)13-15/h14,16H,3-13H2,1-2H3. The Morgan fingerprint density at radius 1 is 1.12 bits per heavy atom. The topological polar surface area (TPSA) is 29.5 Å². The Hall–Kier alpha value is -0.0800. The third-order valence-electron chi connectivity index (χ3n) is 3.98. The largest absolute Gasteiger partial charge is 0.390 e. The Kier molecular flexibility index (Phi) is 7.14. The Morgan fingerprint density at radius 3 is 2.53 bits per heavy atom. The van der Waals surface area contributed by atoms with Crippen LogP contribution in [0.5, 0.6) is 0 Å². The van der Waals surface area contributed by atoms with Crippen LogP contribution in [0.4, 0.5) is 0 Å². The number of hydrogen-bond acceptors (Lipinski definition) is 2. The minimum absolute atomic E-state index is 0.286. The van der Waals surface area contributed by atoms with Gasteiger partial charge in [0.1, 0.15) is 0 Å². The molecule has 0 radical (unpaired) electrons. The Morgan fingerprint density at radius 2 is 1.82 bits per heavy atom. The zero-order valence-electron chi connectivity index (χ0n) is 11.7. The van der Waals surface area contributed by atoms with Gasteiger partial charge in [-0.15, -0.1) is 0 Å². The smallest absolute Gasteiger partial charge is 0.0694 e. The molecule has 1 saturated heterocycles. The van der Waals surface area contributed by atoms with E-state index in [4.69, 9.17) is 4.74 Å². The lowest BCUT2D eigenvalue weighted by Crippen LogP contribution is -2.40. The van der Waals surface area contributed by atoms with Gasteiger partial charge in [0, 0.05) is 13.0 Å². The highest BCUT2D eigenvalue weighted by Crippen LogP contribution is 2.31.